The molecule has 0 spiro atoms. The van der Waals surface area contributed by atoms with Crippen molar-refractivity contribution in [3.8, 4) is 11.5 Å². The molecule has 0 fully saturated rings. The number of rotatable bonds is 9. The van der Waals surface area contributed by atoms with Crippen molar-refractivity contribution >= 4 is 38.9 Å². The first-order chi connectivity index (χ1) is 13.7. The van der Waals surface area contributed by atoms with Crippen molar-refractivity contribution < 1.29 is 22.7 Å². The molecule has 0 radical (unpaired) electrons. The molecule has 0 aliphatic rings. The second kappa shape index (κ2) is 9.84. The standard InChI is InChI=1S/C20H25ClN2O5S/c1-5-17(20(24)22-16-9-7-8-10-19(16)28-6-2)23(29(4,25)26)14-11-12-18(27-3)15(21)13-14/h7-13,17H,5-6H2,1-4H3,(H,22,24)/t17-/m0/s1. The van der Waals surface area contributed by atoms with E-state index in [4.69, 9.17) is 21.1 Å². The van der Waals surface area contributed by atoms with Crippen LogP contribution >= 0.6 is 11.6 Å². The van der Waals surface area contributed by atoms with E-state index in [2.05, 4.69) is 5.32 Å². The van der Waals surface area contributed by atoms with Crippen molar-refractivity contribution in [1.82, 2.24) is 0 Å². The lowest BCUT2D eigenvalue weighted by atomic mass is 10.1. The average Bonchev–Trinajstić information content (AvgIpc) is 2.66. The summed E-state index contributed by atoms with van der Waals surface area (Å²) in [7, 11) is -2.32. The number of benzene rings is 2. The topological polar surface area (TPSA) is 84.9 Å². The molecule has 2 rings (SSSR count). The Morgan fingerprint density at radius 3 is 2.41 bits per heavy atom. The number of carbonyl (C=O) groups is 1. The van der Waals surface area contributed by atoms with Gasteiger partial charge in [-0.3, -0.25) is 9.10 Å². The first-order valence-electron chi connectivity index (χ1n) is 9.08. The number of carbonyl (C=O) groups excluding carboxylic acids is 1. The van der Waals surface area contributed by atoms with Gasteiger partial charge in [0.1, 0.15) is 17.5 Å². The highest BCUT2D eigenvalue weighted by Gasteiger charge is 2.32. The molecule has 0 heterocycles. The van der Waals surface area contributed by atoms with Gasteiger partial charge in [-0.25, -0.2) is 8.42 Å². The Kier molecular flexibility index (Phi) is 7.75. The van der Waals surface area contributed by atoms with E-state index in [1.165, 1.54) is 13.2 Å². The number of halogens is 1. The maximum atomic E-state index is 13.0. The molecule has 1 amide bonds. The number of para-hydroxylation sites is 2. The number of nitrogens with zero attached hydrogens (tertiary/aromatic N) is 1. The summed E-state index contributed by atoms with van der Waals surface area (Å²) in [6, 6.07) is 10.6. The molecule has 2 aromatic rings. The molecule has 0 aliphatic carbocycles. The van der Waals surface area contributed by atoms with E-state index >= 15 is 0 Å². The summed E-state index contributed by atoms with van der Waals surface area (Å²) in [6.45, 7) is 4.01. The number of nitrogens with one attached hydrogen (secondary N) is 1. The summed E-state index contributed by atoms with van der Waals surface area (Å²) < 4.78 is 36.9. The third-order valence-electron chi connectivity index (χ3n) is 4.16. The van der Waals surface area contributed by atoms with Gasteiger partial charge in [-0.2, -0.15) is 0 Å². The third-order valence-corrected chi connectivity index (χ3v) is 5.64. The van der Waals surface area contributed by atoms with Gasteiger partial charge in [-0.1, -0.05) is 30.7 Å². The second-order valence-corrected chi connectivity index (χ2v) is 8.49. The fraction of sp³-hybridized carbons (Fsp3) is 0.350. The van der Waals surface area contributed by atoms with Gasteiger partial charge in [0, 0.05) is 0 Å². The Bertz CT molecular complexity index is 965. The van der Waals surface area contributed by atoms with Crippen LogP contribution in [0.1, 0.15) is 20.3 Å². The average molecular weight is 441 g/mol. The lowest BCUT2D eigenvalue weighted by Gasteiger charge is -2.30. The zero-order valence-corrected chi connectivity index (χ0v) is 18.4. The summed E-state index contributed by atoms with van der Waals surface area (Å²) in [4.78, 5) is 13.0. The van der Waals surface area contributed by atoms with Crippen molar-refractivity contribution in [2.75, 3.05) is 29.6 Å². The predicted octanol–water partition coefficient (Wildman–Crippen LogP) is 3.93. The minimum Gasteiger partial charge on any atom is -0.495 e. The van der Waals surface area contributed by atoms with Crippen LogP contribution < -0.4 is 19.1 Å². The number of methoxy groups -OCH3 is 1. The SMILES string of the molecule is CCOc1ccccc1NC(=O)[C@H](CC)N(c1ccc(OC)c(Cl)c1)S(C)(=O)=O. The van der Waals surface area contributed by atoms with Crippen LogP contribution in [0.2, 0.25) is 5.02 Å². The van der Waals surface area contributed by atoms with Gasteiger partial charge in [-0.15, -0.1) is 0 Å². The first-order valence-corrected chi connectivity index (χ1v) is 11.3. The molecule has 0 saturated carbocycles. The molecule has 1 N–H and O–H groups in total. The van der Waals surface area contributed by atoms with Gasteiger partial charge in [0.25, 0.3) is 0 Å². The molecular weight excluding hydrogens is 416 g/mol. The van der Waals surface area contributed by atoms with Crippen molar-refractivity contribution in [3.63, 3.8) is 0 Å². The Labute approximate surface area is 176 Å². The molecular formula is C20H25ClN2O5S. The highest BCUT2D eigenvalue weighted by Crippen LogP contribution is 2.32. The van der Waals surface area contributed by atoms with E-state index in [0.717, 1.165) is 10.6 Å². The molecule has 0 saturated heterocycles. The molecule has 0 aromatic heterocycles. The minimum absolute atomic E-state index is 0.246. The Morgan fingerprint density at radius 2 is 1.86 bits per heavy atom. The molecule has 158 valence electrons. The summed E-state index contributed by atoms with van der Waals surface area (Å²) >= 11 is 6.17. The molecule has 2 aromatic carbocycles. The van der Waals surface area contributed by atoms with E-state index in [0.29, 0.717) is 23.8 Å². The summed E-state index contributed by atoms with van der Waals surface area (Å²) in [6.07, 6.45) is 1.30. The van der Waals surface area contributed by atoms with E-state index in [1.807, 2.05) is 6.92 Å². The number of ether oxygens (including phenoxy) is 2. The molecule has 0 unspecified atom stereocenters. The van der Waals surface area contributed by atoms with Crippen molar-refractivity contribution in [2.24, 2.45) is 0 Å². The quantitative estimate of drug-likeness (QED) is 0.638. The van der Waals surface area contributed by atoms with E-state index < -0.39 is 22.0 Å². The van der Waals surface area contributed by atoms with Crippen LogP contribution in [-0.4, -0.2) is 40.3 Å². The number of amides is 1. The lowest BCUT2D eigenvalue weighted by Crippen LogP contribution is -2.47. The summed E-state index contributed by atoms with van der Waals surface area (Å²) in [5.74, 6) is 0.445. The van der Waals surface area contributed by atoms with Crippen LogP contribution in [0.25, 0.3) is 0 Å². The Balaban J connectivity index is 2.41. The largest absolute Gasteiger partial charge is 0.495 e. The van der Waals surface area contributed by atoms with Gasteiger partial charge in [0.05, 0.1) is 36.4 Å². The maximum Gasteiger partial charge on any atom is 0.248 e. The molecule has 0 bridgehead atoms. The zero-order valence-electron chi connectivity index (χ0n) is 16.8. The Morgan fingerprint density at radius 1 is 1.17 bits per heavy atom. The highest BCUT2D eigenvalue weighted by atomic mass is 35.5. The van der Waals surface area contributed by atoms with Crippen LogP contribution in [0.5, 0.6) is 11.5 Å². The van der Waals surface area contributed by atoms with Gasteiger partial charge in [0.15, 0.2) is 0 Å². The molecule has 29 heavy (non-hydrogen) atoms. The number of hydrogen-bond acceptors (Lipinski definition) is 5. The highest BCUT2D eigenvalue weighted by molar-refractivity contribution is 7.92. The van der Waals surface area contributed by atoms with E-state index in [-0.39, 0.29) is 17.1 Å². The number of sulfonamides is 1. The smallest absolute Gasteiger partial charge is 0.248 e. The predicted molar refractivity (Wildman–Crippen MR) is 116 cm³/mol. The van der Waals surface area contributed by atoms with E-state index in [9.17, 15) is 13.2 Å². The summed E-state index contributed by atoms with van der Waals surface area (Å²) in [5, 5.41) is 3.02. The van der Waals surface area contributed by atoms with E-state index in [1.54, 1.807) is 43.3 Å². The summed E-state index contributed by atoms with van der Waals surface area (Å²) in [5.41, 5.74) is 0.748. The molecule has 9 heteroatoms. The third kappa shape index (κ3) is 5.55. The monoisotopic (exact) mass is 440 g/mol. The van der Waals surface area contributed by atoms with Crippen molar-refractivity contribution in [3.05, 3.63) is 47.5 Å². The Hall–Kier alpha value is -2.45. The number of hydrogen-bond donors (Lipinski definition) is 1. The normalized spacial score (nSPS) is 12.2. The fourth-order valence-corrected chi connectivity index (χ4v) is 4.38. The van der Waals surface area contributed by atoms with Crippen molar-refractivity contribution in [1.29, 1.82) is 0 Å². The van der Waals surface area contributed by atoms with Gasteiger partial charge < -0.3 is 14.8 Å². The number of anilines is 2. The second-order valence-electron chi connectivity index (χ2n) is 6.22. The van der Waals surface area contributed by atoms with Crippen LogP contribution in [-0.2, 0) is 14.8 Å². The zero-order chi connectivity index (χ0) is 21.6. The van der Waals surface area contributed by atoms with Crippen LogP contribution in [0, 0.1) is 0 Å². The van der Waals surface area contributed by atoms with Gasteiger partial charge in [0.2, 0.25) is 15.9 Å². The lowest BCUT2D eigenvalue weighted by molar-refractivity contribution is -0.117. The molecule has 0 aliphatic heterocycles. The van der Waals surface area contributed by atoms with Gasteiger partial charge >= 0.3 is 0 Å². The maximum absolute atomic E-state index is 13.0. The van der Waals surface area contributed by atoms with Gasteiger partial charge in [-0.05, 0) is 43.7 Å². The first kappa shape index (κ1) is 22.8. The van der Waals surface area contributed by atoms with Crippen LogP contribution in [0.3, 0.4) is 0 Å². The fourth-order valence-electron chi connectivity index (χ4n) is 2.92. The van der Waals surface area contributed by atoms with Crippen LogP contribution in [0.15, 0.2) is 42.5 Å². The van der Waals surface area contributed by atoms with Crippen molar-refractivity contribution in [2.45, 2.75) is 26.3 Å². The van der Waals surface area contributed by atoms with Crippen LogP contribution in [0.4, 0.5) is 11.4 Å². The molecule has 1 atom stereocenters. The minimum atomic E-state index is -3.78. The molecule has 7 nitrogen and oxygen atoms in total.